The molecular weight excluding hydrogens is 216 g/mol. The molecule has 0 amide bonds. The molecule has 0 atom stereocenters. The van der Waals surface area contributed by atoms with Gasteiger partial charge in [-0.3, -0.25) is 5.11 Å². The molecule has 0 fully saturated rings. The predicted octanol–water partition coefficient (Wildman–Crippen LogP) is 2.70. The Morgan fingerprint density at radius 2 is 1.47 bits per heavy atom. The molecule has 0 aliphatic carbocycles. The highest BCUT2D eigenvalue weighted by Crippen LogP contribution is 2.24. The summed E-state index contributed by atoms with van der Waals surface area (Å²) in [7, 11) is 0. The molecule has 2 aromatic rings. The van der Waals surface area contributed by atoms with Crippen LogP contribution in [0.3, 0.4) is 0 Å². The first-order chi connectivity index (χ1) is 8.31. The van der Waals surface area contributed by atoms with E-state index in [0.29, 0.717) is 22.9 Å². The second kappa shape index (κ2) is 4.86. The zero-order chi connectivity index (χ0) is 12.1. The average molecular weight is 225 g/mol. The van der Waals surface area contributed by atoms with Crippen LogP contribution in [0.25, 0.3) is 10.5 Å². The molecule has 2 rings (SSSR count). The third-order valence-corrected chi connectivity index (χ3v) is 2.17. The number of hydrogen-bond acceptors (Lipinski definition) is 2. The molecule has 0 unspecified atom stereocenters. The van der Waals surface area contributed by atoms with E-state index >= 15 is 0 Å². The summed E-state index contributed by atoms with van der Waals surface area (Å²) in [5, 5.41) is 10.6. The van der Waals surface area contributed by atoms with Gasteiger partial charge in [-0.25, -0.2) is 0 Å². The van der Waals surface area contributed by atoms with E-state index in [4.69, 9.17) is 15.7 Å². The van der Waals surface area contributed by atoms with E-state index < -0.39 is 0 Å². The van der Waals surface area contributed by atoms with Crippen LogP contribution in [0.2, 0.25) is 0 Å². The minimum Gasteiger partial charge on any atom is -0.502 e. The molecular formula is C12H9N4O+. The summed E-state index contributed by atoms with van der Waals surface area (Å²) in [6, 6.07) is 13.5. The zero-order valence-corrected chi connectivity index (χ0v) is 8.87. The lowest BCUT2D eigenvalue weighted by Crippen LogP contribution is -2.54. The molecule has 5 nitrogen and oxygen atoms in total. The van der Waals surface area contributed by atoms with Crippen molar-refractivity contribution >= 4 is 11.4 Å². The summed E-state index contributed by atoms with van der Waals surface area (Å²) in [6.45, 7) is 0. The summed E-state index contributed by atoms with van der Waals surface area (Å²) in [4.78, 5) is 3.05. The number of ether oxygens (including phenoxy) is 1. The molecule has 0 heterocycles. The predicted molar refractivity (Wildman–Crippen MR) is 61.7 cm³/mol. The first-order valence-electron chi connectivity index (χ1n) is 4.95. The SMILES string of the molecule is N#[N+]c1ccc(Oc2ccc([NH+]=[N-])cc2)cc1. The maximum atomic E-state index is 8.65. The molecule has 1 N–H and O–H groups in total. The van der Waals surface area contributed by atoms with Crippen molar-refractivity contribution < 1.29 is 9.85 Å². The summed E-state index contributed by atoms with van der Waals surface area (Å²) in [6.07, 6.45) is 0. The second-order valence-corrected chi connectivity index (χ2v) is 3.33. The number of rotatable bonds is 3. The van der Waals surface area contributed by atoms with Crippen molar-refractivity contribution in [2.45, 2.75) is 0 Å². The first kappa shape index (κ1) is 10.8. The largest absolute Gasteiger partial charge is 0.502 e. The van der Waals surface area contributed by atoms with Crippen molar-refractivity contribution in [2.24, 2.45) is 0 Å². The van der Waals surface area contributed by atoms with Gasteiger partial charge in [-0.15, -0.1) is 0 Å². The van der Waals surface area contributed by atoms with Crippen LogP contribution in [0.4, 0.5) is 11.4 Å². The first-order valence-corrected chi connectivity index (χ1v) is 4.95. The Hall–Kier alpha value is -2.74. The standard InChI is InChI=1S/C12H9N4O/c13-15-9-1-5-11(6-2-9)17-12-7-3-10(16-14)4-8-12/h1-8,15H/q+1. The summed E-state index contributed by atoms with van der Waals surface area (Å²) < 4.78 is 5.54. The highest BCUT2D eigenvalue weighted by Gasteiger charge is 2.04. The quantitative estimate of drug-likeness (QED) is 0.644. The molecule has 5 heteroatoms. The van der Waals surface area contributed by atoms with Gasteiger partial charge in [0, 0.05) is 24.3 Å². The third-order valence-electron chi connectivity index (χ3n) is 2.17. The van der Waals surface area contributed by atoms with Gasteiger partial charge in [0.1, 0.15) is 11.5 Å². The molecule has 0 aliphatic rings. The maximum Gasteiger partial charge on any atom is 0.385 e. The topological polar surface area (TPSA) is 73.6 Å². The monoisotopic (exact) mass is 225 g/mol. The lowest BCUT2D eigenvalue weighted by Gasteiger charge is -2.03. The van der Waals surface area contributed by atoms with Crippen molar-refractivity contribution in [1.29, 1.82) is 5.39 Å². The Bertz CT molecular complexity index is 555. The lowest BCUT2D eigenvalue weighted by atomic mass is 10.3. The highest BCUT2D eigenvalue weighted by atomic mass is 16.5. The minimum absolute atomic E-state index is 0.470. The second-order valence-electron chi connectivity index (χ2n) is 3.33. The summed E-state index contributed by atoms with van der Waals surface area (Å²) in [5.41, 5.74) is 9.71. The van der Waals surface area contributed by atoms with Gasteiger partial charge in [0.2, 0.25) is 5.39 Å². The summed E-state index contributed by atoms with van der Waals surface area (Å²) >= 11 is 0. The van der Waals surface area contributed by atoms with Crippen LogP contribution in [0.15, 0.2) is 48.5 Å². The Labute approximate surface area is 97.8 Å². The van der Waals surface area contributed by atoms with Gasteiger partial charge in [-0.2, -0.15) is 0 Å². The van der Waals surface area contributed by atoms with E-state index in [1.807, 2.05) is 5.11 Å². The lowest BCUT2D eigenvalue weighted by molar-refractivity contribution is -0.379. The fourth-order valence-electron chi connectivity index (χ4n) is 1.31. The van der Waals surface area contributed by atoms with E-state index in [-0.39, 0.29) is 0 Å². The fourth-order valence-corrected chi connectivity index (χ4v) is 1.31. The van der Waals surface area contributed by atoms with Crippen LogP contribution in [0.5, 0.6) is 11.5 Å². The highest BCUT2D eigenvalue weighted by molar-refractivity contribution is 5.47. The van der Waals surface area contributed by atoms with Gasteiger partial charge in [0.05, 0.1) is 0 Å². The fraction of sp³-hybridized carbons (Fsp3) is 0. The van der Waals surface area contributed by atoms with Crippen molar-refractivity contribution in [3.8, 4) is 11.5 Å². The Balaban J connectivity index is 2.14. The van der Waals surface area contributed by atoms with Gasteiger partial charge in [-0.1, -0.05) is 0 Å². The molecule has 82 valence electrons. The van der Waals surface area contributed by atoms with Crippen molar-refractivity contribution in [3.63, 3.8) is 0 Å². The number of benzene rings is 2. The van der Waals surface area contributed by atoms with Crippen LogP contribution in [0.1, 0.15) is 0 Å². The van der Waals surface area contributed by atoms with E-state index in [1.54, 1.807) is 48.5 Å². The van der Waals surface area contributed by atoms with Crippen molar-refractivity contribution in [2.75, 3.05) is 0 Å². The van der Waals surface area contributed by atoms with E-state index in [1.165, 1.54) is 0 Å². The summed E-state index contributed by atoms with van der Waals surface area (Å²) in [5.74, 6) is 1.29. The van der Waals surface area contributed by atoms with Gasteiger partial charge in [0.25, 0.3) is 0 Å². The van der Waals surface area contributed by atoms with Crippen LogP contribution in [-0.4, -0.2) is 0 Å². The maximum absolute atomic E-state index is 8.65. The molecule has 0 bridgehead atoms. The molecule has 2 aromatic carbocycles. The third kappa shape index (κ3) is 2.63. The zero-order valence-electron chi connectivity index (χ0n) is 8.87. The molecule has 0 aliphatic heterocycles. The van der Waals surface area contributed by atoms with E-state index in [2.05, 4.69) is 4.98 Å². The van der Waals surface area contributed by atoms with Crippen LogP contribution in [0, 0.1) is 5.39 Å². The molecule has 0 spiro atoms. The Morgan fingerprint density at radius 3 is 1.94 bits per heavy atom. The normalized spacial score (nSPS) is 9.35. The Kier molecular flexibility index (Phi) is 3.08. The average Bonchev–Trinajstić information content (AvgIpc) is 2.40. The van der Waals surface area contributed by atoms with Gasteiger partial charge >= 0.3 is 5.69 Å². The number of nitrogens with one attached hydrogen (secondary N) is 1. The van der Waals surface area contributed by atoms with E-state index in [0.717, 1.165) is 0 Å². The van der Waals surface area contributed by atoms with Crippen molar-refractivity contribution in [1.82, 2.24) is 0 Å². The van der Waals surface area contributed by atoms with Crippen LogP contribution in [-0.2, 0) is 0 Å². The van der Waals surface area contributed by atoms with Gasteiger partial charge in [0.15, 0.2) is 10.7 Å². The Morgan fingerprint density at radius 1 is 0.941 bits per heavy atom. The molecule has 0 radical (unpaired) electrons. The molecule has 0 aromatic heterocycles. The van der Waals surface area contributed by atoms with Crippen molar-refractivity contribution in [3.05, 3.63) is 59.0 Å². The molecule has 0 saturated carbocycles. The van der Waals surface area contributed by atoms with Gasteiger partial charge in [-0.05, 0) is 24.3 Å². The smallest absolute Gasteiger partial charge is 0.385 e. The van der Waals surface area contributed by atoms with Gasteiger partial charge < -0.3 is 10.3 Å². The van der Waals surface area contributed by atoms with Crippen LogP contribution < -0.4 is 9.85 Å². The number of diazo groups is 1. The van der Waals surface area contributed by atoms with Crippen LogP contribution >= 0.6 is 0 Å². The number of hydrogen-bond donors (Lipinski definition) is 1. The van der Waals surface area contributed by atoms with E-state index in [9.17, 15) is 0 Å². The number of nitrogens with zero attached hydrogens (tertiary/aromatic N) is 3. The minimum atomic E-state index is 0.470. The molecule has 17 heavy (non-hydrogen) atoms. The molecule has 0 saturated heterocycles.